The minimum Gasteiger partial charge on any atom is -0.549 e. The third-order valence-corrected chi connectivity index (χ3v) is 4.82. The van der Waals surface area contributed by atoms with Crippen LogP contribution in [0.2, 0.25) is 0 Å². The van der Waals surface area contributed by atoms with E-state index in [2.05, 4.69) is 5.16 Å². The normalized spacial score (nSPS) is 12.4. The summed E-state index contributed by atoms with van der Waals surface area (Å²) >= 11 is 1.20. The summed E-state index contributed by atoms with van der Waals surface area (Å²) in [6, 6.07) is 11.6. The zero-order valence-electron chi connectivity index (χ0n) is 12.3. The first kappa shape index (κ1) is 15.6. The Morgan fingerprint density at radius 2 is 2.13 bits per heavy atom. The van der Waals surface area contributed by atoms with Gasteiger partial charge in [-0.15, -0.1) is 11.8 Å². The minimum atomic E-state index is -1.10. The van der Waals surface area contributed by atoms with Crippen molar-refractivity contribution >= 4 is 28.7 Å². The number of carbonyl (C=O) groups excluding carboxylic acids is 1. The van der Waals surface area contributed by atoms with Crippen LogP contribution in [0.3, 0.4) is 0 Å². The lowest BCUT2D eigenvalue weighted by Crippen LogP contribution is -2.32. The van der Waals surface area contributed by atoms with Gasteiger partial charge in [0.25, 0.3) is 0 Å². The Morgan fingerprint density at radius 1 is 1.35 bits per heavy atom. The number of carbonyl (C=O) groups is 1. The molecule has 0 fully saturated rings. The van der Waals surface area contributed by atoms with Crippen molar-refractivity contribution in [3.8, 4) is 11.3 Å². The van der Waals surface area contributed by atoms with Gasteiger partial charge in [-0.25, -0.2) is 4.39 Å². The van der Waals surface area contributed by atoms with Gasteiger partial charge >= 0.3 is 0 Å². The van der Waals surface area contributed by atoms with Gasteiger partial charge in [0.15, 0.2) is 5.58 Å². The summed E-state index contributed by atoms with van der Waals surface area (Å²) in [5.74, 6) is -1.47. The van der Waals surface area contributed by atoms with E-state index in [0.717, 1.165) is 4.90 Å². The van der Waals surface area contributed by atoms with E-state index in [-0.39, 0.29) is 5.82 Å². The highest BCUT2D eigenvalue weighted by atomic mass is 32.2. The lowest BCUT2D eigenvalue weighted by atomic mass is 10.1. The van der Waals surface area contributed by atoms with Gasteiger partial charge < -0.3 is 14.4 Å². The van der Waals surface area contributed by atoms with Gasteiger partial charge in [-0.05, 0) is 36.8 Å². The molecular weight excluding hydrogens is 317 g/mol. The van der Waals surface area contributed by atoms with Crippen molar-refractivity contribution in [2.24, 2.45) is 0 Å². The Bertz CT molecular complexity index is 862. The summed E-state index contributed by atoms with van der Waals surface area (Å²) < 4.78 is 19.2. The van der Waals surface area contributed by atoms with Crippen LogP contribution in [-0.4, -0.2) is 16.4 Å². The summed E-state index contributed by atoms with van der Waals surface area (Å²) in [4.78, 5) is 11.8. The van der Waals surface area contributed by atoms with E-state index < -0.39 is 11.2 Å². The van der Waals surface area contributed by atoms with Crippen LogP contribution in [0, 0.1) is 5.82 Å². The van der Waals surface area contributed by atoms with Crippen molar-refractivity contribution < 1.29 is 18.8 Å². The second-order valence-corrected chi connectivity index (χ2v) is 6.28. The molecule has 0 bridgehead atoms. The third-order valence-electron chi connectivity index (χ3n) is 3.48. The minimum absolute atomic E-state index is 0.368. The Kier molecular flexibility index (Phi) is 4.34. The van der Waals surface area contributed by atoms with Crippen molar-refractivity contribution in [3.63, 3.8) is 0 Å². The van der Waals surface area contributed by atoms with Gasteiger partial charge in [0, 0.05) is 21.1 Å². The van der Waals surface area contributed by atoms with Crippen LogP contribution in [0.25, 0.3) is 22.2 Å². The Balaban J connectivity index is 1.98. The molecule has 4 nitrogen and oxygen atoms in total. The monoisotopic (exact) mass is 330 g/mol. The van der Waals surface area contributed by atoms with Crippen LogP contribution in [-0.2, 0) is 4.79 Å². The molecule has 23 heavy (non-hydrogen) atoms. The van der Waals surface area contributed by atoms with E-state index in [4.69, 9.17) is 4.52 Å². The van der Waals surface area contributed by atoms with Crippen molar-refractivity contribution in [1.29, 1.82) is 0 Å². The molecule has 0 saturated heterocycles. The SMILES string of the molecule is CCC(Sc1ccc2c(-c3ccccc3F)noc2c1)C(=O)[O-]. The van der Waals surface area contributed by atoms with Gasteiger partial charge in [-0.2, -0.15) is 0 Å². The van der Waals surface area contributed by atoms with Crippen LogP contribution in [0.15, 0.2) is 51.9 Å². The first-order chi connectivity index (χ1) is 11.1. The number of carboxylic acid groups (broad SMARTS) is 1. The fourth-order valence-corrected chi connectivity index (χ4v) is 3.21. The molecule has 0 radical (unpaired) electrons. The zero-order valence-corrected chi connectivity index (χ0v) is 13.1. The summed E-state index contributed by atoms with van der Waals surface area (Å²) in [5, 5.41) is 15.0. The molecule has 0 aliphatic carbocycles. The van der Waals surface area contributed by atoms with Crippen molar-refractivity contribution in [2.75, 3.05) is 0 Å². The van der Waals surface area contributed by atoms with E-state index in [0.29, 0.717) is 28.6 Å². The molecule has 1 heterocycles. The number of rotatable bonds is 5. The molecule has 0 aliphatic heterocycles. The molecule has 0 spiro atoms. The number of carboxylic acids is 1. The number of aromatic nitrogens is 1. The van der Waals surface area contributed by atoms with E-state index in [1.807, 2.05) is 0 Å². The first-order valence-corrected chi connectivity index (χ1v) is 8.00. The van der Waals surface area contributed by atoms with Gasteiger partial charge in [0.05, 0.1) is 5.97 Å². The largest absolute Gasteiger partial charge is 0.549 e. The number of nitrogens with zero attached hydrogens (tertiary/aromatic N) is 1. The zero-order chi connectivity index (χ0) is 16.4. The smallest absolute Gasteiger partial charge is 0.168 e. The summed E-state index contributed by atoms with van der Waals surface area (Å²) in [6.07, 6.45) is 0.460. The fourth-order valence-electron chi connectivity index (χ4n) is 2.30. The second kappa shape index (κ2) is 6.42. The molecule has 2 aromatic carbocycles. The molecule has 3 rings (SSSR count). The first-order valence-electron chi connectivity index (χ1n) is 7.12. The molecule has 6 heteroatoms. The van der Waals surface area contributed by atoms with Crippen LogP contribution in [0.4, 0.5) is 4.39 Å². The number of aliphatic carboxylic acids is 1. The van der Waals surface area contributed by atoms with E-state index in [9.17, 15) is 14.3 Å². The molecule has 0 N–H and O–H groups in total. The average Bonchev–Trinajstić information content (AvgIpc) is 2.95. The number of hydrogen-bond acceptors (Lipinski definition) is 5. The Labute approximate surface area is 136 Å². The lowest BCUT2D eigenvalue weighted by molar-refractivity contribution is -0.304. The molecule has 0 saturated carbocycles. The van der Waals surface area contributed by atoms with Crippen molar-refractivity contribution in [2.45, 2.75) is 23.5 Å². The van der Waals surface area contributed by atoms with Gasteiger partial charge in [0.1, 0.15) is 11.5 Å². The van der Waals surface area contributed by atoms with Crippen LogP contribution in [0.1, 0.15) is 13.3 Å². The molecule has 1 atom stereocenters. The summed E-state index contributed by atoms with van der Waals surface area (Å²) in [7, 11) is 0. The number of thioether (sulfide) groups is 1. The quantitative estimate of drug-likeness (QED) is 0.672. The number of fused-ring (bicyclic) bond motifs is 1. The second-order valence-electron chi connectivity index (χ2n) is 5.00. The number of benzene rings is 2. The molecule has 0 amide bonds. The third kappa shape index (κ3) is 3.07. The van der Waals surface area contributed by atoms with Crippen LogP contribution in [0.5, 0.6) is 0 Å². The van der Waals surface area contributed by atoms with Crippen molar-refractivity contribution in [1.82, 2.24) is 5.16 Å². The van der Waals surface area contributed by atoms with Gasteiger partial charge in [-0.1, -0.05) is 24.2 Å². The Hall–Kier alpha value is -2.34. The van der Waals surface area contributed by atoms with E-state index >= 15 is 0 Å². The molecule has 1 unspecified atom stereocenters. The molecule has 0 aliphatic rings. The summed E-state index contributed by atoms with van der Waals surface area (Å²) in [5.41, 5.74) is 1.29. The Morgan fingerprint density at radius 3 is 2.83 bits per heavy atom. The maximum atomic E-state index is 13.9. The molecular formula is C17H13FNO3S-. The maximum absolute atomic E-state index is 13.9. The molecule has 1 aromatic heterocycles. The lowest BCUT2D eigenvalue weighted by Gasteiger charge is -2.14. The predicted molar refractivity (Wildman–Crippen MR) is 84.3 cm³/mol. The number of halogens is 1. The maximum Gasteiger partial charge on any atom is 0.168 e. The highest BCUT2D eigenvalue weighted by Gasteiger charge is 2.15. The molecule has 3 aromatic rings. The summed E-state index contributed by atoms with van der Waals surface area (Å²) in [6.45, 7) is 1.79. The van der Waals surface area contributed by atoms with Gasteiger partial charge in [0.2, 0.25) is 0 Å². The van der Waals surface area contributed by atoms with Crippen LogP contribution >= 0.6 is 11.8 Å². The predicted octanol–water partition coefficient (Wildman–Crippen LogP) is 3.25. The number of hydrogen-bond donors (Lipinski definition) is 0. The fraction of sp³-hybridized carbons (Fsp3) is 0.176. The van der Waals surface area contributed by atoms with E-state index in [1.54, 1.807) is 43.3 Å². The average molecular weight is 330 g/mol. The molecule has 118 valence electrons. The highest BCUT2D eigenvalue weighted by Crippen LogP contribution is 2.33. The van der Waals surface area contributed by atoms with Gasteiger partial charge in [-0.3, -0.25) is 0 Å². The topological polar surface area (TPSA) is 66.2 Å². The van der Waals surface area contributed by atoms with Crippen molar-refractivity contribution in [3.05, 3.63) is 48.3 Å². The standard InChI is InChI=1S/C17H14FNO3S/c1-2-15(17(20)21)23-10-7-8-12-14(9-10)22-19-16(12)11-5-3-4-6-13(11)18/h3-9,15H,2H2,1H3,(H,20,21)/p-1. The van der Waals surface area contributed by atoms with Crippen LogP contribution < -0.4 is 5.11 Å². The highest BCUT2D eigenvalue weighted by molar-refractivity contribution is 8.00. The van der Waals surface area contributed by atoms with E-state index in [1.165, 1.54) is 17.8 Å².